The zero-order chi connectivity index (χ0) is 20.9. The second-order valence-electron chi connectivity index (χ2n) is 7.97. The van der Waals surface area contributed by atoms with Crippen molar-refractivity contribution in [1.82, 2.24) is 10.2 Å². The van der Waals surface area contributed by atoms with E-state index in [1.165, 1.54) is 0 Å². The Morgan fingerprint density at radius 3 is 2.60 bits per heavy atom. The fourth-order valence-electron chi connectivity index (χ4n) is 4.52. The molecular formula is C24H27ClN2O3. The first kappa shape index (κ1) is 20.9. The highest BCUT2D eigenvalue weighted by Crippen LogP contribution is 2.30. The van der Waals surface area contributed by atoms with Gasteiger partial charge < -0.3 is 15.0 Å². The van der Waals surface area contributed by atoms with Crippen molar-refractivity contribution in [1.29, 1.82) is 0 Å². The molecule has 0 aromatic heterocycles. The van der Waals surface area contributed by atoms with Crippen LogP contribution < -0.4 is 5.32 Å². The quantitative estimate of drug-likeness (QED) is 0.772. The van der Waals surface area contributed by atoms with Gasteiger partial charge in [0, 0.05) is 6.54 Å². The van der Waals surface area contributed by atoms with Crippen molar-refractivity contribution in [2.24, 2.45) is 0 Å². The van der Waals surface area contributed by atoms with Crippen LogP contribution in [0.3, 0.4) is 0 Å². The first-order valence-corrected chi connectivity index (χ1v) is 11.0. The molecule has 0 bridgehead atoms. The van der Waals surface area contributed by atoms with E-state index in [-0.39, 0.29) is 30.4 Å². The summed E-state index contributed by atoms with van der Waals surface area (Å²) in [4.78, 5) is 28.2. The van der Waals surface area contributed by atoms with Crippen LogP contribution in [0.25, 0.3) is 0 Å². The van der Waals surface area contributed by atoms with Crippen molar-refractivity contribution < 1.29 is 14.3 Å². The summed E-state index contributed by atoms with van der Waals surface area (Å²) in [5.41, 5.74) is 1.31. The number of halogens is 1. The zero-order valence-electron chi connectivity index (χ0n) is 16.9. The summed E-state index contributed by atoms with van der Waals surface area (Å²) in [5, 5.41) is 3.43. The molecule has 1 saturated carbocycles. The molecule has 2 amide bonds. The highest BCUT2D eigenvalue weighted by molar-refractivity contribution is 6.33. The maximum Gasteiger partial charge on any atom is 0.253 e. The van der Waals surface area contributed by atoms with Crippen molar-refractivity contribution in [3.8, 4) is 0 Å². The largest absolute Gasteiger partial charge is 0.374 e. The number of nitrogens with one attached hydrogen (secondary N) is 1. The molecule has 2 aromatic rings. The Labute approximate surface area is 182 Å². The Morgan fingerprint density at radius 2 is 1.80 bits per heavy atom. The Hall–Kier alpha value is -2.37. The van der Waals surface area contributed by atoms with Gasteiger partial charge in [-0.2, -0.15) is 0 Å². The molecule has 2 aliphatic rings. The van der Waals surface area contributed by atoms with Gasteiger partial charge in [0.2, 0.25) is 5.91 Å². The summed E-state index contributed by atoms with van der Waals surface area (Å²) in [6.07, 6.45) is 4.63. The first-order chi connectivity index (χ1) is 14.6. The van der Waals surface area contributed by atoms with Gasteiger partial charge in [-0.25, -0.2) is 0 Å². The SMILES string of the molecule is O=C(N[C@H](CC(=O)N1CCO[C@H]2CCCC[C@@H]21)c1ccccc1)c1ccccc1Cl. The van der Waals surface area contributed by atoms with Crippen molar-refractivity contribution in [3.63, 3.8) is 0 Å². The lowest BCUT2D eigenvalue weighted by Crippen LogP contribution is -2.55. The van der Waals surface area contributed by atoms with Gasteiger partial charge in [-0.3, -0.25) is 9.59 Å². The third kappa shape index (κ3) is 4.68. The summed E-state index contributed by atoms with van der Waals surface area (Å²) in [5.74, 6) is -0.219. The maximum atomic E-state index is 13.3. The number of benzene rings is 2. The molecule has 30 heavy (non-hydrogen) atoms. The standard InChI is InChI=1S/C24H27ClN2O3/c25-19-11-5-4-10-18(19)24(29)26-20(17-8-2-1-3-9-17)16-23(28)27-14-15-30-22-13-7-6-12-21(22)27/h1-5,8-11,20-22H,6-7,12-16H2,(H,26,29)/t20-,21+,22+/m1/s1. The highest BCUT2D eigenvalue weighted by Gasteiger charge is 2.37. The summed E-state index contributed by atoms with van der Waals surface area (Å²) in [6.45, 7) is 1.19. The summed E-state index contributed by atoms with van der Waals surface area (Å²) in [6, 6.07) is 16.3. The van der Waals surface area contributed by atoms with Crippen molar-refractivity contribution in [2.75, 3.05) is 13.2 Å². The van der Waals surface area contributed by atoms with Crippen molar-refractivity contribution in [2.45, 2.75) is 50.3 Å². The molecule has 3 atom stereocenters. The number of rotatable bonds is 5. The number of fused-ring (bicyclic) bond motifs is 1. The minimum Gasteiger partial charge on any atom is -0.374 e. The van der Waals surface area contributed by atoms with Gasteiger partial charge in [-0.1, -0.05) is 66.9 Å². The lowest BCUT2D eigenvalue weighted by atomic mass is 9.89. The fourth-order valence-corrected chi connectivity index (χ4v) is 4.74. The number of carbonyl (C=O) groups excluding carboxylic acids is 2. The van der Waals surface area contributed by atoms with Crippen LogP contribution in [0.4, 0.5) is 0 Å². The van der Waals surface area contributed by atoms with Crippen LogP contribution in [0.15, 0.2) is 54.6 Å². The van der Waals surface area contributed by atoms with Crippen LogP contribution in [0.5, 0.6) is 0 Å². The van der Waals surface area contributed by atoms with Gasteiger partial charge in [0.25, 0.3) is 5.91 Å². The lowest BCUT2D eigenvalue weighted by molar-refractivity contribution is -0.150. The summed E-state index contributed by atoms with van der Waals surface area (Å²) in [7, 11) is 0. The van der Waals surface area contributed by atoms with E-state index in [4.69, 9.17) is 16.3 Å². The molecule has 2 fully saturated rings. The monoisotopic (exact) mass is 426 g/mol. The second kappa shape index (κ2) is 9.63. The first-order valence-electron chi connectivity index (χ1n) is 10.6. The zero-order valence-corrected chi connectivity index (χ0v) is 17.7. The molecule has 0 spiro atoms. The summed E-state index contributed by atoms with van der Waals surface area (Å²) >= 11 is 6.20. The molecule has 1 aliphatic heterocycles. The average Bonchev–Trinajstić information content (AvgIpc) is 2.79. The fraction of sp³-hybridized carbons (Fsp3) is 0.417. The minimum absolute atomic E-state index is 0.0588. The van der Waals surface area contributed by atoms with Crippen LogP contribution >= 0.6 is 11.6 Å². The van der Waals surface area contributed by atoms with Crippen LogP contribution in [0, 0.1) is 0 Å². The number of nitrogens with zero attached hydrogens (tertiary/aromatic N) is 1. The van der Waals surface area contributed by atoms with E-state index in [2.05, 4.69) is 5.32 Å². The molecule has 1 heterocycles. The van der Waals surface area contributed by atoms with Crippen molar-refractivity contribution in [3.05, 3.63) is 70.7 Å². The predicted octanol–water partition coefficient (Wildman–Crippen LogP) is 4.37. The maximum absolute atomic E-state index is 13.3. The lowest BCUT2D eigenvalue weighted by Gasteiger charge is -2.44. The van der Waals surface area contributed by atoms with Crippen LogP contribution in [-0.4, -0.2) is 42.0 Å². The number of amides is 2. The third-order valence-corrected chi connectivity index (χ3v) is 6.39. The van der Waals surface area contributed by atoms with Gasteiger partial charge in [-0.15, -0.1) is 0 Å². The second-order valence-corrected chi connectivity index (χ2v) is 8.38. The molecule has 1 N–H and O–H groups in total. The molecule has 158 valence electrons. The summed E-state index contributed by atoms with van der Waals surface area (Å²) < 4.78 is 5.91. The number of hydrogen-bond acceptors (Lipinski definition) is 3. The molecule has 0 radical (unpaired) electrons. The Bertz CT molecular complexity index is 887. The van der Waals surface area contributed by atoms with E-state index in [1.807, 2.05) is 35.2 Å². The van der Waals surface area contributed by atoms with E-state index >= 15 is 0 Å². The molecule has 1 saturated heterocycles. The highest BCUT2D eigenvalue weighted by atomic mass is 35.5. The topological polar surface area (TPSA) is 58.6 Å². The molecule has 0 unspecified atom stereocenters. The van der Waals surface area contributed by atoms with Crippen molar-refractivity contribution >= 4 is 23.4 Å². The van der Waals surface area contributed by atoms with Gasteiger partial charge in [0.1, 0.15) is 0 Å². The number of hydrogen-bond donors (Lipinski definition) is 1. The van der Waals surface area contributed by atoms with Crippen LogP contribution in [0.1, 0.15) is 54.1 Å². The molecule has 4 rings (SSSR count). The predicted molar refractivity (Wildman–Crippen MR) is 116 cm³/mol. The molecule has 1 aliphatic carbocycles. The van der Waals surface area contributed by atoms with E-state index in [1.54, 1.807) is 24.3 Å². The van der Waals surface area contributed by atoms with E-state index < -0.39 is 6.04 Å². The van der Waals surface area contributed by atoms with Gasteiger partial charge >= 0.3 is 0 Å². The van der Waals surface area contributed by atoms with Gasteiger partial charge in [0.15, 0.2) is 0 Å². The Kier molecular flexibility index (Phi) is 6.70. The Morgan fingerprint density at radius 1 is 1.07 bits per heavy atom. The van der Waals surface area contributed by atoms with Gasteiger partial charge in [-0.05, 0) is 30.5 Å². The molecule has 2 aromatic carbocycles. The molecule has 5 nitrogen and oxygen atoms in total. The molecular weight excluding hydrogens is 400 g/mol. The normalized spacial score (nSPS) is 22.1. The minimum atomic E-state index is -0.424. The van der Waals surface area contributed by atoms with E-state index in [9.17, 15) is 9.59 Å². The Balaban J connectivity index is 1.52. The average molecular weight is 427 g/mol. The smallest absolute Gasteiger partial charge is 0.253 e. The van der Waals surface area contributed by atoms with Gasteiger partial charge in [0.05, 0.1) is 41.8 Å². The number of ether oxygens (including phenoxy) is 1. The van der Waals surface area contributed by atoms with E-state index in [0.29, 0.717) is 23.7 Å². The van der Waals surface area contributed by atoms with Crippen LogP contribution in [-0.2, 0) is 9.53 Å². The number of carbonyl (C=O) groups is 2. The van der Waals surface area contributed by atoms with E-state index in [0.717, 1.165) is 31.2 Å². The molecule has 6 heteroatoms. The third-order valence-electron chi connectivity index (χ3n) is 6.06. The van der Waals surface area contributed by atoms with Crippen LogP contribution in [0.2, 0.25) is 5.02 Å². The number of morpholine rings is 1.